The predicted molar refractivity (Wildman–Crippen MR) is 27.1 cm³/mol. The SMILES string of the molecule is CC(C)(C)C(=O)O.[Sc]. The van der Waals surface area contributed by atoms with Crippen molar-refractivity contribution < 1.29 is 35.7 Å². The zero-order chi connectivity index (χ0) is 6.08. The van der Waals surface area contributed by atoms with Crippen molar-refractivity contribution in [3.05, 3.63) is 0 Å². The molecule has 0 bridgehead atoms. The number of hydrogen-bond donors (Lipinski definition) is 1. The van der Waals surface area contributed by atoms with Crippen molar-refractivity contribution in [2.24, 2.45) is 5.41 Å². The molecule has 0 saturated carbocycles. The fourth-order valence-electron chi connectivity index (χ4n) is 0. The third-order valence-corrected chi connectivity index (χ3v) is 0.642. The van der Waals surface area contributed by atoms with E-state index in [0.29, 0.717) is 0 Å². The molecular formula is C5H10O2Sc. The number of hydrogen-bond acceptors (Lipinski definition) is 1. The summed E-state index contributed by atoms with van der Waals surface area (Å²) < 4.78 is 0. The summed E-state index contributed by atoms with van der Waals surface area (Å²) in [7, 11) is 0. The van der Waals surface area contributed by atoms with Crippen LogP contribution in [-0.2, 0) is 30.6 Å². The Morgan fingerprint density at radius 2 is 1.50 bits per heavy atom. The average Bonchev–Trinajstić information content (AvgIpc) is 1.31. The Balaban J connectivity index is 0. The Bertz CT molecular complexity index is 82.9. The molecule has 2 nitrogen and oxygen atoms in total. The molecule has 0 aromatic rings. The monoisotopic (exact) mass is 147 g/mol. The number of carboxylic acids is 1. The molecule has 3 heteroatoms. The molecule has 0 saturated heterocycles. The largest absolute Gasteiger partial charge is 0.481 e. The van der Waals surface area contributed by atoms with Gasteiger partial charge in [0.15, 0.2) is 0 Å². The zero-order valence-corrected chi connectivity index (χ0v) is 7.24. The van der Waals surface area contributed by atoms with Crippen LogP contribution in [0.2, 0.25) is 0 Å². The molecule has 45 valence electrons. The molecule has 0 aliphatic carbocycles. The Morgan fingerprint density at radius 1 is 1.38 bits per heavy atom. The summed E-state index contributed by atoms with van der Waals surface area (Å²) >= 11 is 0. The van der Waals surface area contributed by atoms with Crippen molar-refractivity contribution in [2.45, 2.75) is 20.8 Å². The van der Waals surface area contributed by atoms with Gasteiger partial charge in [-0.1, -0.05) is 0 Å². The molecule has 1 radical (unpaired) electrons. The first-order chi connectivity index (χ1) is 2.94. The maximum Gasteiger partial charge on any atom is 0.308 e. The predicted octanol–water partition coefficient (Wildman–Crippen LogP) is 1.11. The molecule has 0 rings (SSSR count). The van der Waals surface area contributed by atoms with E-state index in [4.69, 9.17) is 5.11 Å². The molecular weight excluding hydrogens is 137 g/mol. The van der Waals surface area contributed by atoms with Crippen LogP contribution in [0.25, 0.3) is 0 Å². The molecule has 0 fully saturated rings. The summed E-state index contributed by atoms with van der Waals surface area (Å²) in [6, 6.07) is 0. The van der Waals surface area contributed by atoms with E-state index in [2.05, 4.69) is 0 Å². The fourth-order valence-corrected chi connectivity index (χ4v) is 0. The molecule has 0 spiro atoms. The van der Waals surface area contributed by atoms with E-state index in [9.17, 15) is 4.79 Å². The molecule has 0 aromatic carbocycles. The Hall–Kier alpha value is 0.340. The molecule has 0 amide bonds. The molecule has 0 unspecified atom stereocenters. The summed E-state index contributed by atoms with van der Waals surface area (Å²) in [4.78, 5) is 10.0. The van der Waals surface area contributed by atoms with Gasteiger partial charge in [0.05, 0.1) is 5.41 Å². The normalized spacial score (nSPS) is 9.88. The van der Waals surface area contributed by atoms with E-state index in [1.807, 2.05) is 0 Å². The maximum absolute atomic E-state index is 10.0. The van der Waals surface area contributed by atoms with Crippen molar-refractivity contribution in [1.82, 2.24) is 0 Å². The fraction of sp³-hybridized carbons (Fsp3) is 0.800. The quantitative estimate of drug-likeness (QED) is 0.557. The Labute approximate surface area is 68.1 Å². The summed E-state index contributed by atoms with van der Waals surface area (Å²) in [6.07, 6.45) is 0. The summed E-state index contributed by atoms with van der Waals surface area (Å²) in [5, 5.41) is 8.25. The van der Waals surface area contributed by atoms with Crippen molar-refractivity contribution in [3.8, 4) is 0 Å². The number of carbonyl (C=O) groups is 1. The zero-order valence-electron chi connectivity index (χ0n) is 5.43. The molecule has 8 heavy (non-hydrogen) atoms. The molecule has 0 atom stereocenters. The van der Waals surface area contributed by atoms with Crippen LogP contribution in [0.15, 0.2) is 0 Å². The van der Waals surface area contributed by atoms with Gasteiger partial charge in [0.1, 0.15) is 0 Å². The molecule has 0 aliphatic heterocycles. The van der Waals surface area contributed by atoms with Crippen LogP contribution in [0.1, 0.15) is 20.8 Å². The molecule has 0 heterocycles. The first kappa shape index (κ1) is 11.2. The summed E-state index contributed by atoms with van der Waals surface area (Å²) in [5.74, 6) is -0.757. The first-order valence-corrected chi connectivity index (χ1v) is 2.18. The van der Waals surface area contributed by atoms with E-state index in [1.165, 1.54) is 0 Å². The van der Waals surface area contributed by atoms with Crippen molar-refractivity contribution >= 4 is 5.97 Å². The number of rotatable bonds is 0. The van der Waals surface area contributed by atoms with Gasteiger partial charge < -0.3 is 5.11 Å². The third-order valence-electron chi connectivity index (χ3n) is 0.642. The van der Waals surface area contributed by atoms with Crippen molar-refractivity contribution in [3.63, 3.8) is 0 Å². The van der Waals surface area contributed by atoms with Gasteiger partial charge in [0.25, 0.3) is 0 Å². The van der Waals surface area contributed by atoms with E-state index in [0.717, 1.165) is 0 Å². The van der Waals surface area contributed by atoms with Gasteiger partial charge in [-0.15, -0.1) is 0 Å². The summed E-state index contributed by atoms with van der Waals surface area (Å²) in [6.45, 7) is 4.99. The Morgan fingerprint density at radius 3 is 1.50 bits per heavy atom. The minimum absolute atomic E-state index is 0. The van der Waals surface area contributed by atoms with E-state index < -0.39 is 11.4 Å². The molecule has 1 N–H and O–H groups in total. The number of carboxylic acid groups (broad SMARTS) is 1. The van der Waals surface area contributed by atoms with Crippen LogP contribution in [0.4, 0.5) is 0 Å². The van der Waals surface area contributed by atoms with Crippen molar-refractivity contribution in [2.75, 3.05) is 0 Å². The maximum atomic E-state index is 10.0. The second-order valence-corrected chi connectivity index (χ2v) is 2.56. The minimum atomic E-state index is -0.757. The van der Waals surface area contributed by atoms with Gasteiger partial charge in [-0.25, -0.2) is 0 Å². The first-order valence-electron chi connectivity index (χ1n) is 2.18. The van der Waals surface area contributed by atoms with Gasteiger partial charge in [-0.3, -0.25) is 4.79 Å². The third kappa shape index (κ3) is 4.50. The van der Waals surface area contributed by atoms with Crippen LogP contribution in [0.3, 0.4) is 0 Å². The van der Waals surface area contributed by atoms with E-state index in [1.54, 1.807) is 20.8 Å². The standard InChI is InChI=1S/C5H10O2.Sc/c1-5(2,3)4(6)7;/h1-3H3,(H,6,7);. The van der Waals surface area contributed by atoms with Crippen LogP contribution in [0, 0.1) is 5.41 Å². The smallest absolute Gasteiger partial charge is 0.308 e. The topological polar surface area (TPSA) is 37.3 Å². The van der Waals surface area contributed by atoms with Gasteiger partial charge in [-0.2, -0.15) is 0 Å². The van der Waals surface area contributed by atoms with E-state index in [-0.39, 0.29) is 25.8 Å². The van der Waals surface area contributed by atoms with Gasteiger partial charge >= 0.3 is 5.97 Å². The van der Waals surface area contributed by atoms with Crippen LogP contribution in [-0.4, -0.2) is 11.1 Å². The van der Waals surface area contributed by atoms with Gasteiger partial charge in [-0.05, 0) is 20.8 Å². The minimum Gasteiger partial charge on any atom is -0.481 e. The molecule has 0 aliphatic rings. The second-order valence-electron chi connectivity index (χ2n) is 2.56. The van der Waals surface area contributed by atoms with Crippen LogP contribution < -0.4 is 0 Å². The van der Waals surface area contributed by atoms with Crippen LogP contribution >= 0.6 is 0 Å². The van der Waals surface area contributed by atoms with Gasteiger partial charge in [0.2, 0.25) is 0 Å². The average molecular weight is 147 g/mol. The van der Waals surface area contributed by atoms with Crippen LogP contribution in [0.5, 0.6) is 0 Å². The second kappa shape index (κ2) is 3.38. The Kier molecular flexibility index (Phi) is 4.73. The van der Waals surface area contributed by atoms with Gasteiger partial charge in [0, 0.05) is 25.8 Å². The van der Waals surface area contributed by atoms with E-state index >= 15 is 0 Å². The number of aliphatic carboxylic acids is 1. The van der Waals surface area contributed by atoms with Crippen molar-refractivity contribution in [1.29, 1.82) is 0 Å². The molecule has 0 aromatic heterocycles. The summed E-state index contributed by atoms with van der Waals surface area (Å²) in [5.41, 5.74) is -0.583.